The smallest absolute Gasteiger partial charge is 0.191 e. The van der Waals surface area contributed by atoms with Crippen molar-refractivity contribution in [2.75, 3.05) is 54.0 Å². The van der Waals surface area contributed by atoms with E-state index in [4.69, 9.17) is 4.74 Å². The molecule has 0 saturated heterocycles. The molecule has 21 heavy (non-hydrogen) atoms. The second kappa shape index (κ2) is 10.6. The largest absolute Gasteiger partial charge is 0.383 e. The summed E-state index contributed by atoms with van der Waals surface area (Å²) in [7, 11) is 5.63. The van der Waals surface area contributed by atoms with Crippen LogP contribution in [0.5, 0.6) is 0 Å². The van der Waals surface area contributed by atoms with Crippen molar-refractivity contribution in [3.63, 3.8) is 0 Å². The lowest BCUT2D eigenvalue weighted by molar-refractivity contribution is 0.162. The third-order valence-electron chi connectivity index (χ3n) is 3.29. The number of hydrogen-bond donors (Lipinski definition) is 2. The maximum atomic E-state index is 5.06. The molecule has 1 unspecified atom stereocenters. The average Bonchev–Trinajstić information content (AvgIpc) is 3.02. The zero-order valence-corrected chi connectivity index (χ0v) is 14.4. The summed E-state index contributed by atoms with van der Waals surface area (Å²) in [6.45, 7) is 6.66. The summed E-state index contributed by atoms with van der Waals surface area (Å²) < 4.78 is 5.06. The number of aliphatic imine (C=N–C) groups is 1. The SMILES string of the molecule is CN=C(NCCN(C)CCOC)NCC(C)c1cccs1. The summed E-state index contributed by atoms with van der Waals surface area (Å²) in [5.41, 5.74) is 0. The molecule has 0 bridgehead atoms. The van der Waals surface area contributed by atoms with E-state index < -0.39 is 0 Å². The maximum Gasteiger partial charge on any atom is 0.191 e. The molecule has 0 aliphatic rings. The van der Waals surface area contributed by atoms with Crippen molar-refractivity contribution >= 4 is 17.3 Å². The first-order chi connectivity index (χ1) is 10.2. The Morgan fingerprint density at radius 3 is 2.86 bits per heavy atom. The van der Waals surface area contributed by atoms with Crippen molar-refractivity contribution in [2.45, 2.75) is 12.8 Å². The zero-order chi connectivity index (χ0) is 15.5. The van der Waals surface area contributed by atoms with Crippen LogP contribution in [-0.4, -0.2) is 64.9 Å². The van der Waals surface area contributed by atoms with Gasteiger partial charge in [-0.15, -0.1) is 11.3 Å². The first-order valence-corrected chi connectivity index (χ1v) is 8.20. The standard InChI is InChI=1S/C15H28N4OS/c1-13(14-6-5-11-21-14)12-18-15(16-2)17-7-8-19(3)9-10-20-4/h5-6,11,13H,7-10,12H2,1-4H3,(H2,16,17,18). The van der Waals surface area contributed by atoms with Gasteiger partial charge in [0.25, 0.3) is 0 Å². The van der Waals surface area contributed by atoms with Gasteiger partial charge in [-0.3, -0.25) is 4.99 Å². The Hall–Kier alpha value is -1.11. The minimum atomic E-state index is 0.493. The van der Waals surface area contributed by atoms with E-state index in [0.29, 0.717) is 5.92 Å². The third-order valence-corrected chi connectivity index (χ3v) is 4.40. The molecule has 0 radical (unpaired) electrons. The van der Waals surface area contributed by atoms with E-state index in [0.717, 1.165) is 38.7 Å². The van der Waals surface area contributed by atoms with E-state index >= 15 is 0 Å². The highest BCUT2D eigenvalue weighted by atomic mass is 32.1. The number of thiophene rings is 1. The molecule has 0 aliphatic carbocycles. The molecular formula is C15H28N4OS. The summed E-state index contributed by atoms with van der Waals surface area (Å²) in [5.74, 6) is 1.35. The second-order valence-electron chi connectivity index (χ2n) is 5.09. The molecular weight excluding hydrogens is 284 g/mol. The van der Waals surface area contributed by atoms with Crippen LogP contribution in [0.15, 0.2) is 22.5 Å². The molecule has 0 saturated carbocycles. The zero-order valence-electron chi connectivity index (χ0n) is 13.6. The molecule has 1 aromatic rings. The Morgan fingerprint density at radius 2 is 2.24 bits per heavy atom. The van der Waals surface area contributed by atoms with E-state index in [1.54, 1.807) is 25.5 Å². The minimum Gasteiger partial charge on any atom is -0.383 e. The Balaban J connectivity index is 2.20. The molecule has 0 aliphatic heterocycles. The van der Waals surface area contributed by atoms with Crippen molar-refractivity contribution < 1.29 is 4.74 Å². The van der Waals surface area contributed by atoms with Crippen molar-refractivity contribution in [1.82, 2.24) is 15.5 Å². The molecule has 120 valence electrons. The highest BCUT2D eigenvalue weighted by Crippen LogP contribution is 2.19. The van der Waals surface area contributed by atoms with Gasteiger partial charge in [0.2, 0.25) is 0 Å². The predicted molar refractivity (Wildman–Crippen MR) is 91.5 cm³/mol. The number of guanidine groups is 1. The van der Waals surface area contributed by atoms with E-state index in [2.05, 4.69) is 52.0 Å². The van der Waals surface area contributed by atoms with Crippen LogP contribution in [0.3, 0.4) is 0 Å². The van der Waals surface area contributed by atoms with Gasteiger partial charge < -0.3 is 20.3 Å². The van der Waals surface area contributed by atoms with Crippen molar-refractivity contribution in [3.05, 3.63) is 22.4 Å². The van der Waals surface area contributed by atoms with Crippen molar-refractivity contribution in [2.24, 2.45) is 4.99 Å². The normalized spacial score (nSPS) is 13.5. The van der Waals surface area contributed by atoms with Crippen molar-refractivity contribution in [3.8, 4) is 0 Å². The lowest BCUT2D eigenvalue weighted by Crippen LogP contribution is -2.42. The summed E-state index contributed by atoms with van der Waals surface area (Å²) in [6, 6.07) is 4.28. The van der Waals surface area contributed by atoms with Gasteiger partial charge in [-0.05, 0) is 18.5 Å². The molecule has 5 nitrogen and oxygen atoms in total. The van der Waals surface area contributed by atoms with Crippen LogP contribution in [0.1, 0.15) is 17.7 Å². The van der Waals surface area contributed by atoms with E-state index in [9.17, 15) is 0 Å². The molecule has 1 rings (SSSR count). The van der Waals surface area contributed by atoms with Crippen LogP contribution in [-0.2, 0) is 4.74 Å². The fourth-order valence-corrected chi connectivity index (χ4v) is 2.65. The lowest BCUT2D eigenvalue weighted by Gasteiger charge is -2.18. The molecule has 2 N–H and O–H groups in total. The number of nitrogens with one attached hydrogen (secondary N) is 2. The number of ether oxygens (including phenoxy) is 1. The number of methoxy groups -OCH3 is 1. The molecule has 6 heteroatoms. The van der Waals surface area contributed by atoms with E-state index in [1.165, 1.54) is 4.88 Å². The molecule has 0 fully saturated rings. The first kappa shape index (κ1) is 17.9. The molecule has 0 spiro atoms. The van der Waals surface area contributed by atoms with Gasteiger partial charge in [-0.2, -0.15) is 0 Å². The number of likely N-dealkylation sites (N-methyl/N-ethyl adjacent to an activating group) is 1. The van der Waals surface area contributed by atoms with Crippen LogP contribution >= 0.6 is 11.3 Å². The first-order valence-electron chi connectivity index (χ1n) is 7.32. The third kappa shape index (κ3) is 7.45. The van der Waals surface area contributed by atoms with Gasteiger partial charge in [0.15, 0.2) is 5.96 Å². The summed E-state index contributed by atoms with van der Waals surface area (Å²) in [5, 5.41) is 8.83. The molecule has 1 heterocycles. The van der Waals surface area contributed by atoms with Crippen LogP contribution in [0.25, 0.3) is 0 Å². The van der Waals surface area contributed by atoms with E-state index in [1.807, 2.05) is 0 Å². The molecule has 0 amide bonds. The Labute approximate surface area is 132 Å². The fraction of sp³-hybridized carbons (Fsp3) is 0.667. The number of rotatable bonds is 9. The summed E-state index contributed by atoms with van der Waals surface area (Å²) >= 11 is 1.80. The Morgan fingerprint density at radius 1 is 1.43 bits per heavy atom. The minimum absolute atomic E-state index is 0.493. The van der Waals surface area contributed by atoms with Crippen LogP contribution in [0, 0.1) is 0 Å². The van der Waals surface area contributed by atoms with Gasteiger partial charge >= 0.3 is 0 Å². The van der Waals surface area contributed by atoms with Gasteiger partial charge in [0.05, 0.1) is 6.61 Å². The maximum absolute atomic E-state index is 5.06. The predicted octanol–water partition coefficient (Wildman–Crippen LogP) is 1.59. The van der Waals surface area contributed by atoms with Crippen LogP contribution in [0.2, 0.25) is 0 Å². The van der Waals surface area contributed by atoms with Crippen LogP contribution < -0.4 is 10.6 Å². The van der Waals surface area contributed by atoms with Gasteiger partial charge in [-0.25, -0.2) is 0 Å². The summed E-state index contributed by atoms with van der Waals surface area (Å²) in [6.07, 6.45) is 0. The van der Waals surface area contributed by atoms with E-state index in [-0.39, 0.29) is 0 Å². The monoisotopic (exact) mass is 312 g/mol. The Kier molecular flexibility index (Phi) is 9.05. The number of nitrogens with zero attached hydrogens (tertiary/aromatic N) is 2. The Bertz CT molecular complexity index is 394. The second-order valence-corrected chi connectivity index (χ2v) is 6.07. The molecule has 1 aromatic heterocycles. The summed E-state index contributed by atoms with van der Waals surface area (Å²) in [4.78, 5) is 7.89. The average molecular weight is 312 g/mol. The molecule has 0 aromatic carbocycles. The van der Waals surface area contributed by atoms with Gasteiger partial charge in [0.1, 0.15) is 0 Å². The lowest BCUT2D eigenvalue weighted by atomic mass is 10.1. The fourth-order valence-electron chi connectivity index (χ4n) is 1.87. The highest BCUT2D eigenvalue weighted by Gasteiger charge is 2.07. The number of hydrogen-bond acceptors (Lipinski definition) is 4. The van der Waals surface area contributed by atoms with Gasteiger partial charge in [-0.1, -0.05) is 13.0 Å². The quantitative estimate of drug-likeness (QED) is 0.537. The molecule has 1 atom stereocenters. The van der Waals surface area contributed by atoms with Crippen LogP contribution in [0.4, 0.5) is 0 Å². The van der Waals surface area contributed by atoms with Gasteiger partial charge in [0, 0.05) is 51.1 Å². The van der Waals surface area contributed by atoms with Crippen molar-refractivity contribution in [1.29, 1.82) is 0 Å². The topological polar surface area (TPSA) is 48.9 Å². The highest BCUT2D eigenvalue weighted by molar-refractivity contribution is 7.10.